The molecule has 0 amide bonds. The summed E-state index contributed by atoms with van der Waals surface area (Å²) in [4.78, 5) is 5.06. The molecule has 3 rings (SSSR count). The van der Waals surface area contributed by atoms with Crippen LogP contribution >= 0.6 is 28.3 Å². The van der Waals surface area contributed by atoms with Crippen LogP contribution in [0.25, 0.3) is 0 Å². The lowest BCUT2D eigenvalue weighted by molar-refractivity contribution is 0.0980. The molecule has 2 saturated heterocycles. The minimum absolute atomic E-state index is 0. The van der Waals surface area contributed by atoms with Crippen LogP contribution in [0.2, 0.25) is 0 Å². The molecule has 118 valence electrons. The highest BCUT2D eigenvalue weighted by Gasteiger charge is 2.26. The second-order valence-electron chi connectivity index (χ2n) is 5.69. The molecule has 3 nitrogen and oxygen atoms in total. The van der Waals surface area contributed by atoms with Crippen molar-refractivity contribution in [1.29, 1.82) is 0 Å². The van der Waals surface area contributed by atoms with E-state index < -0.39 is 0 Å². The van der Waals surface area contributed by atoms with Gasteiger partial charge in [-0.1, -0.05) is 22.0 Å². The fraction of sp³-hybridized carbons (Fsp3) is 0.600. The van der Waals surface area contributed by atoms with E-state index >= 15 is 0 Å². The second kappa shape index (κ2) is 7.88. The highest BCUT2D eigenvalue weighted by atomic mass is 79.9. The van der Waals surface area contributed by atoms with Crippen LogP contribution in [0.1, 0.15) is 12.0 Å². The summed E-state index contributed by atoms with van der Waals surface area (Å²) in [5.41, 5.74) is 1.17. The molecule has 0 aliphatic carbocycles. The average molecular weight is 379 g/mol. The van der Waals surface area contributed by atoms with E-state index in [-0.39, 0.29) is 18.2 Å². The van der Waals surface area contributed by atoms with Crippen molar-refractivity contribution in [2.45, 2.75) is 19.0 Å². The quantitative estimate of drug-likeness (QED) is 0.872. The van der Waals surface area contributed by atoms with Crippen molar-refractivity contribution >= 4 is 28.3 Å². The van der Waals surface area contributed by atoms with Crippen LogP contribution in [0.3, 0.4) is 0 Å². The molecule has 2 aliphatic rings. The van der Waals surface area contributed by atoms with Gasteiger partial charge >= 0.3 is 0 Å². The molecule has 2 heterocycles. The lowest BCUT2D eigenvalue weighted by atomic mass is 10.1. The molecule has 6 heteroatoms. The maximum absolute atomic E-state index is 13.1. The van der Waals surface area contributed by atoms with Crippen molar-refractivity contribution in [1.82, 2.24) is 15.1 Å². The van der Waals surface area contributed by atoms with E-state index in [4.69, 9.17) is 0 Å². The first-order chi connectivity index (χ1) is 9.72. The van der Waals surface area contributed by atoms with Gasteiger partial charge in [0.15, 0.2) is 0 Å². The molecule has 1 unspecified atom stereocenters. The van der Waals surface area contributed by atoms with E-state index in [1.54, 1.807) is 12.1 Å². The summed E-state index contributed by atoms with van der Waals surface area (Å²) in [7, 11) is 0. The largest absolute Gasteiger partial charge is 0.315 e. The molecule has 2 aliphatic heterocycles. The molecule has 0 radical (unpaired) electrons. The topological polar surface area (TPSA) is 18.5 Å². The molecule has 0 bridgehead atoms. The molecule has 1 aromatic rings. The first-order valence-electron chi connectivity index (χ1n) is 7.33. The van der Waals surface area contributed by atoms with Gasteiger partial charge in [0.05, 0.1) is 0 Å². The molecule has 0 aromatic heterocycles. The SMILES string of the molecule is Cl.Fc1ccc(CN2CCN(C3CCNC3)CC2)c(Br)c1. The Bertz CT molecular complexity index is 460. The van der Waals surface area contributed by atoms with Crippen LogP contribution < -0.4 is 5.32 Å². The zero-order valence-electron chi connectivity index (χ0n) is 12.0. The number of hydrogen-bond donors (Lipinski definition) is 1. The van der Waals surface area contributed by atoms with Gasteiger partial charge < -0.3 is 5.32 Å². The number of nitrogens with one attached hydrogen (secondary N) is 1. The van der Waals surface area contributed by atoms with Crippen molar-refractivity contribution < 1.29 is 4.39 Å². The van der Waals surface area contributed by atoms with Crippen molar-refractivity contribution in [3.63, 3.8) is 0 Å². The fourth-order valence-corrected chi connectivity index (χ4v) is 3.60. The third kappa shape index (κ3) is 4.39. The van der Waals surface area contributed by atoms with E-state index in [0.29, 0.717) is 0 Å². The summed E-state index contributed by atoms with van der Waals surface area (Å²) >= 11 is 3.45. The first-order valence-corrected chi connectivity index (χ1v) is 8.13. The van der Waals surface area contributed by atoms with Gasteiger partial charge in [-0.15, -0.1) is 12.4 Å². The summed E-state index contributed by atoms with van der Waals surface area (Å²) in [6.07, 6.45) is 1.28. The van der Waals surface area contributed by atoms with E-state index in [1.165, 1.54) is 12.0 Å². The smallest absolute Gasteiger partial charge is 0.124 e. The Morgan fingerprint density at radius 3 is 2.62 bits per heavy atom. The van der Waals surface area contributed by atoms with Crippen LogP contribution in [-0.2, 0) is 6.54 Å². The van der Waals surface area contributed by atoms with Crippen molar-refractivity contribution in [2.24, 2.45) is 0 Å². The van der Waals surface area contributed by atoms with Gasteiger partial charge in [-0.25, -0.2) is 4.39 Å². The lowest BCUT2D eigenvalue weighted by Crippen LogP contribution is -2.50. The number of piperazine rings is 1. The van der Waals surface area contributed by atoms with Crippen LogP contribution in [0.4, 0.5) is 4.39 Å². The van der Waals surface area contributed by atoms with Crippen molar-refractivity contribution in [2.75, 3.05) is 39.3 Å². The number of rotatable bonds is 3. The minimum Gasteiger partial charge on any atom is -0.315 e. The van der Waals surface area contributed by atoms with Gasteiger partial charge in [0.1, 0.15) is 5.82 Å². The van der Waals surface area contributed by atoms with E-state index in [1.807, 2.05) is 6.07 Å². The molecule has 1 N–H and O–H groups in total. The van der Waals surface area contributed by atoms with Gasteiger partial charge in [0.2, 0.25) is 0 Å². The third-order valence-corrected chi connectivity index (χ3v) is 5.10. The highest BCUT2D eigenvalue weighted by molar-refractivity contribution is 9.10. The molecule has 1 aromatic carbocycles. The average Bonchev–Trinajstić information content (AvgIpc) is 2.97. The van der Waals surface area contributed by atoms with Gasteiger partial charge in [0.25, 0.3) is 0 Å². The second-order valence-corrected chi connectivity index (χ2v) is 6.55. The van der Waals surface area contributed by atoms with Crippen LogP contribution in [0.5, 0.6) is 0 Å². The normalized spacial score (nSPS) is 24.0. The Morgan fingerprint density at radius 1 is 1.24 bits per heavy atom. The predicted octanol–water partition coefficient (Wildman–Crippen LogP) is 2.49. The zero-order chi connectivity index (χ0) is 13.9. The minimum atomic E-state index is -0.181. The third-order valence-electron chi connectivity index (χ3n) is 4.37. The number of nitrogens with zero attached hydrogens (tertiary/aromatic N) is 2. The van der Waals surface area contributed by atoms with Crippen molar-refractivity contribution in [3.8, 4) is 0 Å². The molecule has 2 fully saturated rings. The maximum atomic E-state index is 13.1. The predicted molar refractivity (Wildman–Crippen MR) is 89.5 cm³/mol. The molecule has 1 atom stereocenters. The first kappa shape index (κ1) is 17.2. The molecule has 21 heavy (non-hydrogen) atoms. The van der Waals surface area contributed by atoms with Gasteiger partial charge in [-0.3, -0.25) is 9.80 Å². The molecular formula is C15H22BrClFN3. The zero-order valence-corrected chi connectivity index (χ0v) is 14.4. The van der Waals surface area contributed by atoms with E-state index in [9.17, 15) is 4.39 Å². The summed E-state index contributed by atoms with van der Waals surface area (Å²) in [5.74, 6) is -0.181. The Labute approximate surface area is 140 Å². The summed E-state index contributed by atoms with van der Waals surface area (Å²) in [5, 5.41) is 3.44. The summed E-state index contributed by atoms with van der Waals surface area (Å²) in [6, 6.07) is 5.71. The van der Waals surface area contributed by atoms with E-state index in [2.05, 4.69) is 31.0 Å². The highest BCUT2D eigenvalue weighted by Crippen LogP contribution is 2.21. The number of hydrogen-bond acceptors (Lipinski definition) is 3. The monoisotopic (exact) mass is 377 g/mol. The molecular weight excluding hydrogens is 357 g/mol. The number of halogens is 3. The molecule has 0 spiro atoms. The summed E-state index contributed by atoms with van der Waals surface area (Å²) in [6.45, 7) is 7.69. The standard InChI is InChI=1S/C15H21BrFN3.ClH/c16-15-9-13(17)2-1-12(15)11-19-5-7-20(8-6-19)14-3-4-18-10-14;/h1-2,9,14,18H,3-8,10-11H2;1H. The Morgan fingerprint density at radius 2 is 2.00 bits per heavy atom. The summed E-state index contributed by atoms with van der Waals surface area (Å²) < 4.78 is 14.0. The van der Waals surface area contributed by atoms with Crippen molar-refractivity contribution in [3.05, 3.63) is 34.1 Å². The lowest BCUT2D eigenvalue weighted by Gasteiger charge is -2.37. The Hall–Kier alpha value is -0.200. The fourth-order valence-electron chi connectivity index (χ4n) is 3.13. The van der Waals surface area contributed by atoms with Gasteiger partial charge in [-0.05, 0) is 30.7 Å². The van der Waals surface area contributed by atoms with Crippen LogP contribution in [0, 0.1) is 5.82 Å². The molecule has 0 saturated carbocycles. The van der Waals surface area contributed by atoms with Crippen LogP contribution in [0.15, 0.2) is 22.7 Å². The van der Waals surface area contributed by atoms with Crippen LogP contribution in [-0.4, -0.2) is 55.1 Å². The Balaban J connectivity index is 0.00000161. The Kier molecular flexibility index (Phi) is 6.44. The van der Waals surface area contributed by atoms with Gasteiger partial charge in [-0.2, -0.15) is 0 Å². The van der Waals surface area contributed by atoms with Gasteiger partial charge in [0, 0.05) is 49.8 Å². The maximum Gasteiger partial charge on any atom is 0.124 e. The number of benzene rings is 1. The van der Waals surface area contributed by atoms with E-state index in [0.717, 1.165) is 56.3 Å².